The third-order valence-electron chi connectivity index (χ3n) is 3.60. The maximum absolute atomic E-state index is 11.0. The van der Waals surface area contributed by atoms with Crippen LogP contribution in [0.3, 0.4) is 0 Å². The molecule has 1 fully saturated rings. The minimum absolute atomic E-state index is 0.207. The summed E-state index contributed by atoms with van der Waals surface area (Å²) >= 11 is 0. The highest BCUT2D eigenvalue weighted by molar-refractivity contribution is 5.91. The van der Waals surface area contributed by atoms with Crippen LogP contribution in [-0.4, -0.2) is 55.8 Å². The summed E-state index contributed by atoms with van der Waals surface area (Å²) in [6.45, 7) is 7.25. The summed E-state index contributed by atoms with van der Waals surface area (Å²) in [6, 6.07) is 5.28. The molecule has 0 radical (unpaired) electrons. The first kappa shape index (κ1) is 13.7. The van der Waals surface area contributed by atoms with Crippen molar-refractivity contribution in [1.82, 2.24) is 4.90 Å². The van der Waals surface area contributed by atoms with E-state index in [9.17, 15) is 4.79 Å². The van der Waals surface area contributed by atoms with Crippen molar-refractivity contribution >= 4 is 11.7 Å². The fourth-order valence-corrected chi connectivity index (χ4v) is 2.38. The van der Waals surface area contributed by atoms with E-state index in [2.05, 4.69) is 16.7 Å². The van der Waals surface area contributed by atoms with Crippen LogP contribution in [0.25, 0.3) is 0 Å². The molecule has 1 aromatic carbocycles. The monoisotopic (exact) mass is 264 g/mol. The van der Waals surface area contributed by atoms with Crippen LogP contribution < -0.4 is 9.64 Å². The Hall–Kier alpha value is -1.75. The number of carboxylic acids is 1. The van der Waals surface area contributed by atoms with E-state index < -0.39 is 5.97 Å². The van der Waals surface area contributed by atoms with Gasteiger partial charge in [0.2, 0.25) is 0 Å². The van der Waals surface area contributed by atoms with Gasteiger partial charge >= 0.3 is 5.97 Å². The van der Waals surface area contributed by atoms with E-state index in [4.69, 9.17) is 9.84 Å². The summed E-state index contributed by atoms with van der Waals surface area (Å²) in [5.74, 6) is -0.540. The van der Waals surface area contributed by atoms with E-state index in [1.165, 1.54) is 7.11 Å². The molecule has 0 amide bonds. The first-order valence-electron chi connectivity index (χ1n) is 6.54. The smallest absolute Gasteiger partial charge is 0.339 e. The van der Waals surface area contributed by atoms with Crippen LogP contribution in [-0.2, 0) is 0 Å². The number of ether oxygens (including phenoxy) is 1. The SMILES string of the molecule is CCN1CCN(c2ccc(C(=O)O)c(OC)c2)CC1. The molecule has 1 aliphatic heterocycles. The molecule has 5 nitrogen and oxygen atoms in total. The summed E-state index contributed by atoms with van der Waals surface area (Å²) in [5, 5.41) is 9.06. The number of anilines is 1. The lowest BCUT2D eigenvalue weighted by Crippen LogP contribution is -2.46. The molecule has 1 aliphatic rings. The molecule has 104 valence electrons. The van der Waals surface area contributed by atoms with Gasteiger partial charge in [0.1, 0.15) is 11.3 Å². The normalized spacial score (nSPS) is 16.4. The van der Waals surface area contributed by atoms with Crippen molar-refractivity contribution in [3.05, 3.63) is 23.8 Å². The number of aromatic carboxylic acids is 1. The van der Waals surface area contributed by atoms with E-state index in [1.54, 1.807) is 6.07 Å². The Morgan fingerprint density at radius 2 is 2.00 bits per heavy atom. The van der Waals surface area contributed by atoms with Crippen molar-refractivity contribution in [2.75, 3.05) is 44.7 Å². The van der Waals surface area contributed by atoms with Gasteiger partial charge in [0.05, 0.1) is 7.11 Å². The molecule has 0 saturated carbocycles. The Morgan fingerprint density at radius 3 is 2.53 bits per heavy atom. The zero-order valence-electron chi connectivity index (χ0n) is 11.4. The number of hydrogen-bond donors (Lipinski definition) is 1. The maximum Gasteiger partial charge on any atom is 0.339 e. The van der Waals surface area contributed by atoms with Crippen molar-refractivity contribution in [2.45, 2.75) is 6.92 Å². The van der Waals surface area contributed by atoms with Crippen LogP contribution in [0.5, 0.6) is 5.75 Å². The third kappa shape index (κ3) is 2.98. The average Bonchev–Trinajstić information content (AvgIpc) is 2.46. The van der Waals surface area contributed by atoms with Crippen molar-refractivity contribution < 1.29 is 14.6 Å². The lowest BCUT2D eigenvalue weighted by atomic mass is 10.1. The molecule has 0 atom stereocenters. The van der Waals surface area contributed by atoms with Gasteiger partial charge in [-0.15, -0.1) is 0 Å². The number of carbonyl (C=O) groups is 1. The maximum atomic E-state index is 11.0. The summed E-state index contributed by atoms with van der Waals surface area (Å²) in [4.78, 5) is 15.7. The Bertz CT molecular complexity index is 454. The molecule has 0 aliphatic carbocycles. The minimum atomic E-state index is -0.959. The van der Waals surface area contributed by atoms with E-state index in [0.29, 0.717) is 5.75 Å². The summed E-state index contributed by atoms with van der Waals surface area (Å²) < 4.78 is 5.16. The lowest BCUT2D eigenvalue weighted by molar-refractivity contribution is 0.0693. The first-order chi connectivity index (χ1) is 9.15. The van der Waals surface area contributed by atoms with Gasteiger partial charge < -0.3 is 19.6 Å². The third-order valence-corrected chi connectivity index (χ3v) is 3.60. The van der Waals surface area contributed by atoms with Crippen molar-refractivity contribution in [2.24, 2.45) is 0 Å². The molecule has 0 bridgehead atoms. The predicted octanol–water partition coefficient (Wildman–Crippen LogP) is 1.54. The van der Waals surface area contributed by atoms with Crippen LogP contribution in [0.1, 0.15) is 17.3 Å². The summed E-state index contributed by atoms with van der Waals surface area (Å²) in [7, 11) is 1.50. The molecule has 5 heteroatoms. The molecule has 1 N–H and O–H groups in total. The number of piperazine rings is 1. The Kier molecular flexibility index (Phi) is 4.27. The molecule has 0 unspecified atom stereocenters. The van der Waals surface area contributed by atoms with E-state index in [1.807, 2.05) is 12.1 Å². The Labute approximate surface area is 113 Å². The highest BCUT2D eigenvalue weighted by atomic mass is 16.5. The molecular weight excluding hydrogens is 244 g/mol. The highest BCUT2D eigenvalue weighted by Crippen LogP contribution is 2.26. The summed E-state index contributed by atoms with van der Waals surface area (Å²) in [5.41, 5.74) is 1.23. The van der Waals surface area contributed by atoms with Crippen LogP contribution in [0.2, 0.25) is 0 Å². The van der Waals surface area contributed by atoms with Crippen LogP contribution in [0.4, 0.5) is 5.69 Å². The summed E-state index contributed by atoms with van der Waals surface area (Å²) in [6.07, 6.45) is 0. The molecule has 0 aromatic heterocycles. The van der Waals surface area contributed by atoms with E-state index in [0.717, 1.165) is 38.4 Å². The lowest BCUT2D eigenvalue weighted by Gasteiger charge is -2.35. The van der Waals surface area contributed by atoms with Gasteiger partial charge in [-0.3, -0.25) is 0 Å². The number of likely N-dealkylation sites (N-methyl/N-ethyl adjacent to an activating group) is 1. The number of rotatable bonds is 4. The number of methoxy groups -OCH3 is 1. The molecule has 1 aromatic rings. The second-order valence-electron chi connectivity index (χ2n) is 4.61. The zero-order chi connectivity index (χ0) is 13.8. The van der Waals surface area contributed by atoms with Crippen LogP contribution in [0.15, 0.2) is 18.2 Å². The van der Waals surface area contributed by atoms with Gasteiger partial charge in [0, 0.05) is 37.9 Å². The van der Waals surface area contributed by atoms with Gasteiger partial charge in [0.25, 0.3) is 0 Å². The Morgan fingerprint density at radius 1 is 1.32 bits per heavy atom. The molecule has 1 saturated heterocycles. The fraction of sp³-hybridized carbons (Fsp3) is 0.500. The van der Waals surface area contributed by atoms with Crippen molar-refractivity contribution in [3.8, 4) is 5.75 Å². The molecule has 2 rings (SSSR count). The predicted molar refractivity (Wildman–Crippen MR) is 74.3 cm³/mol. The molecular formula is C14H20N2O3. The van der Waals surface area contributed by atoms with E-state index in [-0.39, 0.29) is 5.56 Å². The zero-order valence-corrected chi connectivity index (χ0v) is 11.4. The van der Waals surface area contributed by atoms with Gasteiger partial charge in [-0.2, -0.15) is 0 Å². The number of carboxylic acid groups (broad SMARTS) is 1. The highest BCUT2D eigenvalue weighted by Gasteiger charge is 2.18. The number of hydrogen-bond acceptors (Lipinski definition) is 4. The second kappa shape index (κ2) is 5.93. The largest absolute Gasteiger partial charge is 0.496 e. The Balaban J connectivity index is 2.15. The standard InChI is InChI=1S/C14H20N2O3/c1-3-15-6-8-16(9-7-15)11-4-5-12(14(17)18)13(10-11)19-2/h4-5,10H,3,6-9H2,1-2H3,(H,17,18). The minimum Gasteiger partial charge on any atom is -0.496 e. The molecule has 0 spiro atoms. The quantitative estimate of drug-likeness (QED) is 0.894. The van der Waals surface area contributed by atoms with E-state index >= 15 is 0 Å². The van der Waals surface area contributed by atoms with Gasteiger partial charge in [-0.25, -0.2) is 4.79 Å². The fourth-order valence-electron chi connectivity index (χ4n) is 2.38. The van der Waals surface area contributed by atoms with Gasteiger partial charge in [0.15, 0.2) is 0 Å². The second-order valence-corrected chi connectivity index (χ2v) is 4.61. The van der Waals surface area contributed by atoms with Gasteiger partial charge in [-0.05, 0) is 18.7 Å². The first-order valence-corrected chi connectivity index (χ1v) is 6.54. The van der Waals surface area contributed by atoms with Crippen LogP contribution in [0, 0.1) is 0 Å². The van der Waals surface area contributed by atoms with Gasteiger partial charge in [-0.1, -0.05) is 6.92 Å². The topological polar surface area (TPSA) is 53.0 Å². The number of benzene rings is 1. The molecule has 1 heterocycles. The molecule has 19 heavy (non-hydrogen) atoms. The van der Waals surface area contributed by atoms with Crippen molar-refractivity contribution in [3.63, 3.8) is 0 Å². The van der Waals surface area contributed by atoms with Crippen molar-refractivity contribution in [1.29, 1.82) is 0 Å². The number of nitrogens with zero attached hydrogens (tertiary/aromatic N) is 2. The average molecular weight is 264 g/mol. The van der Waals surface area contributed by atoms with Crippen LogP contribution >= 0.6 is 0 Å².